The third kappa shape index (κ3) is 1.77. The molecule has 0 N–H and O–H groups in total. The lowest BCUT2D eigenvalue weighted by Crippen LogP contribution is -2.19. The van der Waals surface area contributed by atoms with Crippen LogP contribution < -0.4 is 0 Å². The van der Waals surface area contributed by atoms with E-state index in [0.29, 0.717) is 0 Å². The SMILES string of the molecule is CC1(C)C(c2nccc3ccccc23)=Cc2c1n1c3ccccc3c3nccc2c31. The van der Waals surface area contributed by atoms with Gasteiger partial charge in [-0.3, -0.25) is 9.97 Å². The van der Waals surface area contributed by atoms with Crippen molar-refractivity contribution < 1.29 is 0 Å². The van der Waals surface area contributed by atoms with Crippen LogP contribution in [-0.2, 0) is 5.41 Å². The number of nitrogens with zero attached hydrogens (tertiary/aromatic N) is 3. The second-order valence-corrected chi connectivity index (χ2v) is 8.73. The number of aromatic nitrogens is 3. The molecule has 1 aliphatic rings. The number of benzene rings is 2. The van der Waals surface area contributed by atoms with Gasteiger partial charge in [0, 0.05) is 45.2 Å². The molecule has 0 spiro atoms. The van der Waals surface area contributed by atoms with Crippen molar-refractivity contribution in [3.8, 4) is 0 Å². The molecule has 3 heteroatoms. The summed E-state index contributed by atoms with van der Waals surface area (Å²) < 4.78 is 2.44. The third-order valence-electron chi connectivity index (χ3n) is 6.80. The largest absolute Gasteiger partial charge is 0.309 e. The van der Waals surface area contributed by atoms with Gasteiger partial charge in [-0.2, -0.15) is 0 Å². The van der Waals surface area contributed by atoms with Gasteiger partial charge in [-0.15, -0.1) is 0 Å². The monoisotopic (exact) mass is 385 g/mol. The molecule has 4 heterocycles. The molecule has 0 aliphatic heterocycles. The van der Waals surface area contributed by atoms with E-state index in [2.05, 4.69) is 85.0 Å². The van der Waals surface area contributed by atoms with Gasteiger partial charge in [0.05, 0.1) is 22.2 Å². The van der Waals surface area contributed by atoms with Crippen LogP contribution in [0.1, 0.15) is 30.8 Å². The summed E-state index contributed by atoms with van der Waals surface area (Å²) in [6.07, 6.45) is 6.24. The standard InChI is InChI=1S/C27H19N3/c1-27(2)21(23-17-8-4-3-7-16(17)11-13-28-23)15-20-18-12-14-29-24-19-9-5-6-10-22(19)30(25(18)24)26(20)27/h3-15H,1-2H3. The summed E-state index contributed by atoms with van der Waals surface area (Å²) in [5.74, 6) is 0. The Hall–Kier alpha value is -3.72. The summed E-state index contributed by atoms with van der Waals surface area (Å²) in [7, 11) is 0. The molecule has 4 aromatic heterocycles. The molecule has 0 unspecified atom stereocenters. The first-order chi connectivity index (χ1) is 14.7. The molecular formula is C27H19N3. The Morgan fingerprint density at radius 2 is 1.53 bits per heavy atom. The predicted molar refractivity (Wildman–Crippen MR) is 124 cm³/mol. The van der Waals surface area contributed by atoms with Crippen molar-refractivity contribution in [2.45, 2.75) is 19.3 Å². The third-order valence-corrected chi connectivity index (χ3v) is 6.80. The Bertz CT molecular complexity index is 1660. The van der Waals surface area contributed by atoms with Gasteiger partial charge in [0.2, 0.25) is 0 Å². The summed E-state index contributed by atoms with van der Waals surface area (Å²) in [6, 6.07) is 21.4. The zero-order chi connectivity index (χ0) is 20.0. The van der Waals surface area contributed by atoms with Crippen molar-refractivity contribution >= 4 is 49.7 Å². The van der Waals surface area contributed by atoms with Gasteiger partial charge in [0.15, 0.2) is 0 Å². The average molecular weight is 385 g/mol. The molecule has 30 heavy (non-hydrogen) atoms. The molecule has 0 radical (unpaired) electrons. The summed E-state index contributed by atoms with van der Waals surface area (Å²) in [6.45, 7) is 4.65. The van der Waals surface area contributed by atoms with Crippen LogP contribution in [0.25, 0.3) is 49.7 Å². The van der Waals surface area contributed by atoms with E-state index in [1.165, 1.54) is 49.4 Å². The van der Waals surface area contributed by atoms with Crippen LogP contribution in [0.3, 0.4) is 0 Å². The number of hydrogen-bond donors (Lipinski definition) is 0. The highest BCUT2D eigenvalue weighted by Crippen LogP contribution is 2.52. The minimum absolute atomic E-state index is 0.180. The molecule has 0 bridgehead atoms. The lowest BCUT2D eigenvalue weighted by Gasteiger charge is -2.25. The maximum Gasteiger partial charge on any atom is 0.0969 e. The van der Waals surface area contributed by atoms with Crippen LogP contribution in [0.15, 0.2) is 73.1 Å². The van der Waals surface area contributed by atoms with Crippen LogP contribution in [0.2, 0.25) is 0 Å². The van der Waals surface area contributed by atoms with Crippen LogP contribution >= 0.6 is 0 Å². The van der Waals surface area contributed by atoms with Gasteiger partial charge in [0.25, 0.3) is 0 Å². The average Bonchev–Trinajstić information content (AvgIpc) is 3.37. The maximum atomic E-state index is 4.85. The van der Waals surface area contributed by atoms with E-state index in [0.717, 1.165) is 11.2 Å². The molecule has 3 nitrogen and oxygen atoms in total. The van der Waals surface area contributed by atoms with Gasteiger partial charge in [-0.1, -0.05) is 56.3 Å². The second-order valence-electron chi connectivity index (χ2n) is 8.73. The normalized spacial score (nSPS) is 15.5. The highest BCUT2D eigenvalue weighted by Gasteiger charge is 2.40. The highest BCUT2D eigenvalue weighted by atomic mass is 15.0. The highest BCUT2D eigenvalue weighted by molar-refractivity contribution is 6.17. The Kier molecular flexibility index (Phi) is 2.82. The Morgan fingerprint density at radius 3 is 2.43 bits per heavy atom. The summed E-state index contributed by atoms with van der Waals surface area (Å²) in [5, 5.41) is 4.92. The number of rotatable bonds is 1. The first kappa shape index (κ1) is 16.1. The topological polar surface area (TPSA) is 30.2 Å². The van der Waals surface area contributed by atoms with Crippen LogP contribution in [-0.4, -0.2) is 14.4 Å². The number of pyridine rings is 2. The van der Waals surface area contributed by atoms with E-state index in [1.807, 2.05) is 12.4 Å². The zero-order valence-corrected chi connectivity index (χ0v) is 16.8. The van der Waals surface area contributed by atoms with Crippen molar-refractivity contribution in [2.75, 3.05) is 0 Å². The molecule has 0 atom stereocenters. The molecule has 6 aromatic rings. The van der Waals surface area contributed by atoms with Crippen molar-refractivity contribution in [1.29, 1.82) is 0 Å². The fourth-order valence-corrected chi connectivity index (χ4v) is 5.48. The first-order valence-corrected chi connectivity index (χ1v) is 10.4. The zero-order valence-electron chi connectivity index (χ0n) is 16.8. The molecule has 1 aliphatic carbocycles. The van der Waals surface area contributed by atoms with Gasteiger partial charge < -0.3 is 4.40 Å². The number of allylic oxidation sites excluding steroid dienone is 1. The van der Waals surface area contributed by atoms with Crippen molar-refractivity contribution in [3.63, 3.8) is 0 Å². The quantitative estimate of drug-likeness (QED) is 0.325. The van der Waals surface area contributed by atoms with E-state index < -0.39 is 0 Å². The molecule has 0 saturated heterocycles. The minimum Gasteiger partial charge on any atom is -0.309 e. The fourth-order valence-electron chi connectivity index (χ4n) is 5.48. The van der Waals surface area contributed by atoms with E-state index in [9.17, 15) is 0 Å². The van der Waals surface area contributed by atoms with Crippen LogP contribution in [0, 0.1) is 0 Å². The minimum atomic E-state index is -0.180. The lowest BCUT2D eigenvalue weighted by atomic mass is 9.82. The second kappa shape index (κ2) is 5.25. The van der Waals surface area contributed by atoms with Gasteiger partial charge in [-0.05, 0) is 35.2 Å². The van der Waals surface area contributed by atoms with Crippen molar-refractivity contribution in [2.24, 2.45) is 0 Å². The maximum absolute atomic E-state index is 4.85. The van der Waals surface area contributed by atoms with Gasteiger partial charge in [-0.25, -0.2) is 0 Å². The van der Waals surface area contributed by atoms with E-state index in [4.69, 9.17) is 9.97 Å². The summed E-state index contributed by atoms with van der Waals surface area (Å²) in [5.41, 5.74) is 8.36. The molecule has 0 fully saturated rings. The Balaban J connectivity index is 1.62. The van der Waals surface area contributed by atoms with Gasteiger partial charge in [0.1, 0.15) is 0 Å². The Labute approximate surface area is 173 Å². The molecule has 0 saturated carbocycles. The van der Waals surface area contributed by atoms with E-state index in [-0.39, 0.29) is 5.41 Å². The smallest absolute Gasteiger partial charge is 0.0969 e. The van der Waals surface area contributed by atoms with Crippen molar-refractivity contribution in [1.82, 2.24) is 14.4 Å². The fraction of sp³-hybridized carbons (Fsp3) is 0.111. The molecular weight excluding hydrogens is 366 g/mol. The van der Waals surface area contributed by atoms with Gasteiger partial charge >= 0.3 is 0 Å². The molecule has 0 amide bonds. The van der Waals surface area contributed by atoms with Crippen molar-refractivity contribution in [3.05, 3.63) is 90.0 Å². The molecule has 2 aromatic carbocycles. The summed E-state index contributed by atoms with van der Waals surface area (Å²) >= 11 is 0. The van der Waals surface area contributed by atoms with E-state index >= 15 is 0 Å². The predicted octanol–water partition coefficient (Wildman–Crippen LogP) is 6.46. The number of para-hydroxylation sites is 1. The first-order valence-electron chi connectivity index (χ1n) is 10.4. The summed E-state index contributed by atoms with van der Waals surface area (Å²) in [4.78, 5) is 9.59. The Morgan fingerprint density at radius 1 is 0.767 bits per heavy atom. The van der Waals surface area contributed by atoms with Crippen LogP contribution in [0.5, 0.6) is 0 Å². The van der Waals surface area contributed by atoms with Crippen LogP contribution in [0.4, 0.5) is 0 Å². The number of fused-ring (bicyclic) bond motifs is 7. The molecule has 7 rings (SSSR count). The van der Waals surface area contributed by atoms with E-state index in [1.54, 1.807) is 0 Å². The molecule has 142 valence electrons. The lowest BCUT2D eigenvalue weighted by molar-refractivity contribution is 0.671. The number of hydrogen-bond acceptors (Lipinski definition) is 2.